The monoisotopic (exact) mass is 562 g/mol. The van der Waals surface area contributed by atoms with Crippen molar-refractivity contribution in [1.82, 2.24) is 14.9 Å². The lowest BCUT2D eigenvalue weighted by molar-refractivity contribution is -0.137. The van der Waals surface area contributed by atoms with Crippen molar-refractivity contribution in [2.75, 3.05) is 4.90 Å². The summed E-state index contributed by atoms with van der Waals surface area (Å²) in [6.07, 6.45) is -0.781. The Labute approximate surface area is 210 Å². The summed E-state index contributed by atoms with van der Waals surface area (Å²) in [5.41, 5.74) is -0.409. The van der Waals surface area contributed by atoms with Gasteiger partial charge in [-0.2, -0.15) is 13.2 Å². The van der Waals surface area contributed by atoms with E-state index in [4.69, 9.17) is 16.3 Å². The number of hydrogen-bond donors (Lipinski definition) is 0. The van der Waals surface area contributed by atoms with E-state index in [0.29, 0.717) is 28.8 Å². The molecule has 1 aliphatic heterocycles. The van der Waals surface area contributed by atoms with Gasteiger partial charge in [0.25, 0.3) is 0 Å². The zero-order chi connectivity index (χ0) is 25.2. The molecule has 2 heterocycles. The summed E-state index contributed by atoms with van der Waals surface area (Å²) < 4.78 is 46.2. The molecule has 0 unspecified atom stereocenters. The van der Waals surface area contributed by atoms with Crippen molar-refractivity contribution in [2.24, 2.45) is 0 Å². The van der Waals surface area contributed by atoms with E-state index in [-0.39, 0.29) is 41.9 Å². The van der Waals surface area contributed by atoms with Crippen molar-refractivity contribution in [2.45, 2.75) is 77.5 Å². The second kappa shape index (κ2) is 10.7. The molecule has 11 heteroatoms. The second-order valence-electron chi connectivity index (χ2n) is 8.84. The van der Waals surface area contributed by atoms with E-state index in [1.807, 2.05) is 18.7 Å². The Morgan fingerprint density at radius 1 is 1.21 bits per heavy atom. The third kappa shape index (κ3) is 6.53. The first-order chi connectivity index (χ1) is 15.8. The molecule has 3 atom stereocenters. The molecule has 0 aliphatic carbocycles. The van der Waals surface area contributed by atoms with Gasteiger partial charge in [0, 0.05) is 42.1 Å². The maximum absolute atomic E-state index is 13.4. The van der Waals surface area contributed by atoms with Gasteiger partial charge in [-0.3, -0.25) is 0 Å². The zero-order valence-electron chi connectivity index (χ0n) is 19.3. The van der Waals surface area contributed by atoms with E-state index in [1.54, 1.807) is 31.1 Å². The van der Waals surface area contributed by atoms with Crippen LogP contribution in [0.2, 0.25) is 5.02 Å². The van der Waals surface area contributed by atoms with E-state index in [0.717, 1.165) is 12.1 Å². The van der Waals surface area contributed by atoms with Gasteiger partial charge >= 0.3 is 12.3 Å². The van der Waals surface area contributed by atoms with E-state index in [9.17, 15) is 18.0 Å². The fourth-order valence-corrected chi connectivity index (χ4v) is 4.80. The average molecular weight is 564 g/mol. The maximum atomic E-state index is 13.4. The number of nitrogens with zero attached hydrogens (tertiary/aromatic N) is 4. The molecule has 0 N–H and O–H groups in total. The Kier molecular flexibility index (Phi) is 8.34. The van der Waals surface area contributed by atoms with Gasteiger partial charge in [-0.15, -0.1) is 0 Å². The minimum absolute atomic E-state index is 0.00878. The highest BCUT2D eigenvalue weighted by atomic mass is 79.9. The maximum Gasteiger partial charge on any atom is 0.416 e. The van der Waals surface area contributed by atoms with Gasteiger partial charge in [-0.25, -0.2) is 14.8 Å². The first-order valence-electron chi connectivity index (χ1n) is 10.9. The van der Waals surface area contributed by atoms with Crippen molar-refractivity contribution in [3.8, 4) is 0 Å². The normalized spacial score (nSPS) is 21.0. The molecule has 1 fully saturated rings. The number of alkyl halides is 3. The van der Waals surface area contributed by atoms with Crippen LogP contribution in [-0.4, -0.2) is 45.2 Å². The molecule has 3 rings (SSSR count). The van der Waals surface area contributed by atoms with Crippen molar-refractivity contribution in [3.05, 3.63) is 51.2 Å². The zero-order valence-corrected chi connectivity index (χ0v) is 21.7. The predicted molar refractivity (Wildman–Crippen MR) is 128 cm³/mol. The number of carbonyl (C=O) groups excluding carboxylic acids is 1. The summed E-state index contributed by atoms with van der Waals surface area (Å²) in [6.45, 7) is 7.60. The van der Waals surface area contributed by atoms with Crippen LogP contribution in [0.3, 0.4) is 0 Å². The topological polar surface area (TPSA) is 58.6 Å². The number of hydrogen-bond acceptors (Lipinski definition) is 5. The van der Waals surface area contributed by atoms with Crippen LogP contribution < -0.4 is 4.90 Å². The molecule has 1 aromatic carbocycles. The van der Waals surface area contributed by atoms with Gasteiger partial charge in [0.2, 0.25) is 5.95 Å². The first kappa shape index (κ1) is 26.5. The Hall–Kier alpha value is -2.07. The Morgan fingerprint density at radius 3 is 2.32 bits per heavy atom. The SMILES string of the molecule is CC(C)OC(=O)N1[C@H](C)C[C@@H](N(Cc2cc(Cl)cc(C(F)(F)F)c2)c2ncc(Br)cn2)C[C@@H]1C. The van der Waals surface area contributed by atoms with Crippen molar-refractivity contribution < 1.29 is 22.7 Å². The fraction of sp³-hybridized carbons (Fsp3) is 0.522. The Balaban J connectivity index is 1.92. The van der Waals surface area contributed by atoms with Crippen molar-refractivity contribution >= 4 is 39.6 Å². The molecule has 0 radical (unpaired) electrons. The van der Waals surface area contributed by atoms with Gasteiger partial charge in [0.1, 0.15) is 0 Å². The highest BCUT2D eigenvalue weighted by molar-refractivity contribution is 9.10. The molecule has 1 amide bonds. The van der Waals surface area contributed by atoms with Gasteiger partial charge < -0.3 is 14.5 Å². The molecule has 0 saturated carbocycles. The molecule has 6 nitrogen and oxygen atoms in total. The number of piperidine rings is 1. The minimum atomic E-state index is -4.51. The molecule has 1 aliphatic rings. The van der Waals surface area contributed by atoms with Gasteiger partial charge in [-0.1, -0.05) is 11.6 Å². The van der Waals surface area contributed by atoms with Crippen molar-refractivity contribution in [3.63, 3.8) is 0 Å². The quantitative estimate of drug-likeness (QED) is 0.405. The molecule has 1 saturated heterocycles. The van der Waals surface area contributed by atoms with E-state index < -0.39 is 11.7 Å². The number of rotatable bonds is 5. The number of benzene rings is 1. The number of amides is 1. The fourth-order valence-electron chi connectivity index (χ4n) is 4.34. The molecular weight excluding hydrogens is 537 g/mol. The highest BCUT2D eigenvalue weighted by Gasteiger charge is 2.38. The third-order valence-electron chi connectivity index (χ3n) is 5.67. The molecule has 1 aromatic heterocycles. The van der Waals surface area contributed by atoms with Crippen LogP contribution in [-0.2, 0) is 17.5 Å². The summed E-state index contributed by atoms with van der Waals surface area (Å²) in [6, 6.07) is 3.10. The largest absolute Gasteiger partial charge is 0.447 e. The standard InChI is InChI=1S/C23H27BrClF3N4O2/c1-13(2)34-22(33)32-14(3)5-20(6-15(32)4)31(21-29-10-18(24)11-30-21)12-16-7-17(23(26,27)28)9-19(25)8-16/h7-11,13-15,20H,5-6,12H2,1-4H3/t14-,15+,20-. The Bertz CT molecular complexity index is 995. The van der Waals surface area contributed by atoms with Crippen LogP contribution in [0.1, 0.15) is 51.7 Å². The van der Waals surface area contributed by atoms with Crippen LogP contribution in [0.25, 0.3) is 0 Å². The molecule has 186 valence electrons. The van der Waals surface area contributed by atoms with Crippen LogP contribution >= 0.6 is 27.5 Å². The molecule has 34 heavy (non-hydrogen) atoms. The number of likely N-dealkylation sites (tertiary alicyclic amines) is 1. The predicted octanol–water partition coefficient (Wildman–Crippen LogP) is 6.70. The summed E-state index contributed by atoms with van der Waals surface area (Å²) in [5.74, 6) is 0.388. The molecule has 2 aromatic rings. The summed E-state index contributed by atoms with van der Waals surface area (Å²) in [7, 11) is 0. The van der Waals surface area contributed by atoms with Crippen molar-refractivity contribution in [1.29, 1.82) is 0 Å². The number of anilines is 1. The first-order valence-corrected chi connectivity index (χ1v) is 12.1. The van der Waals surface area contributed by atoms with E-state index >= 15 is 0 Å². The van der Waals surface area contributed by atoms with Crippen LogP contribution in [0.15, 0.2) is 35.1 Å². The van der Waals surface area contributed by atoms with Crippen LogP contribution in [0.5, 0.6) is 0 Å². The lowest BCUT2D eigenvalue weighted by Crippen LogP contribution is -2.55. The number of aromatic nitrogens is 2. The van der Waals surface area contributed by atoms with Gasteiger partial charge in [0.15, 0.2) is 0 Å². The van der Waals surface area contributed by atoms with E-state index in [1.165, 1.54) is 6.07 Å². The summed E-state index contributed by atoms with van der Waals surface area (Å²) >= 11 is 9.34. The summed E-state index contributed by atoms with van der Waals surface area (Å²) in [5, 5.41) is 0.00878. The lowest BCUT2D eigenvalue weighted by atomic mass is 9.91. The van der Waals surface area contributed by atoms with E-state index in [2.05, 4.69) is 25.9 Å². The molecule has 0 spiro atoms. The second-order valence-corrected chi connectivity index (χ2v) is 10.2. The summed E-state index contributed by atoms with van der Waals surface area (Å²) in [4.78, 5) is 25.0. The molecule has 0 bridgehead atoms. The van der Waals surface area contributed by atoms with Gasteiger partial charge in [0.05, 0.1) is 16.1 Å². The third-order valence-corrected chi connectivity index (χ3v) is 6.29. The average Bonchev–Trinajstić information content (AvgIpc) is 2.70. The Morgan fingerprint density at radius 2 is 1.79 bits per heavy atom. The minimum Gasteiger partial charge on any atom is -0.447 e. The van der Waals surface area contributed by atoms with Gasteiger partial charge in [-0.05, 0) is 80.2 Å². The lowest BCUT2D eigenvalue weighted by Gasteiger charge is -2.45. The number of halogens is 5. The number of carbonyl (C=O) groups is 1. The van der Waals surface area contributed by atoms with Crippen LogP contribution in [0.4, 0.5) is 23.9 Å². The number of ether oxygens (including phenoxy) is 1. The van der Waals surface area contributed by atoms with Crippen LogP contribution in [0, 0.1) is 0 Å². The smallest absolute Gasteiger partial charge is 0.416 e. The molecular formula is C23H27BrClF3N4O2. The highest BCUT2D eigenvalue weighted by Crippen LogP contribution is 2.34.